The SMILES string of the molecule is C/C(=N\NC(=O)Cn1c(-c2nonc2N)nc2ccccc21)c1ccc(F)cc1. The van der Waals surface area contributed by atoms with Crippen LogP contribution in [-0.4, -0.2) is 31.5 Å². The van der Waals surface area contributed by atoms with Crippen LogP contribution in [0.4, 0.5) is 10.2 Å². The summed E-state index contributed by atoms with van der Waals surface area (Å²) < 4.78 is 19.4. The van der Waals surface area contributed by atoms with Crippen LogP contribution >= 0.6 is 0 Å². The number of nitrogens with one attached hydrogen (secondary N) is 1. The van der Waals surface area contributed by atoms with E-state index in [9.17, 15) is 9.18 Å². The maximum absolute atomic E-state index is 13.0. The van der Waals surface area contributed by atoms with E-state index in [0.29, 0.717) is 22.6 Å². The molecule has 0 atom stereocenters. The third-order valence-corrected chi connectivity index (χ3v) is 4.29. The van der Waals surface area contributed by atoms with Gasteiger partial charge in [-0.2, -0.15) is 5.10 Å². The van der Waals surface area contributed by atoms with Gasteiger partial charge in [0.25, 0.3) is 5.91 Å². The molecule has 2 aromatic carbocycles. The van der Waals surface area contributed by atoms with Gasteiger partial charge in [-0.15, -0.1) is 0 Å². The molecular weight excluding hydrogens is 377 g/mol. The number of nitrogens with zero attached hydrogens (tertiary/aromatic N) is 5. The van der Waals surface area contributed by atoms with Crippen molar-refractivity contribution in [2.24, 2.45) is 5.10 Å². The molecule has 2 heterocycles. The number of carbonyl (C=O) groups is 1. The number of amides is 1. The van der Waals surface area contributed by atoms with Crippen molar-refractivity contribution in [1.29, 1.82) is 0 Å². The Labute approximate surface area is 164 Å². The van der Waals surface area contributed by atoms with Crippen LogP contribution in [0.2, 0.25) is 0 Å². The molecule has 0 aliphatic carbocycles. The molecule has 0 saturated heterocycles. The maximum Gasteiger partial charge on any atom is 0.260 e. The van der Waals surface area contributed by atoms with Crippen molar-refractivity contribution in [2.75, 3.05) is 5.73 Å². The number of halogens is 1. The fourth-order valence-corrected chi connectivity index (χ4v) is 2.85. The Bertz CT molecular complexity index is 1210. The van der Waals surface area contributed by atoms with Gasteiger partial charge in [-0.3, -0.25) is 4.79 Å². The Hall–Kier alpha value is -4.08. The van der Waals surface area contributed by atoms with Crippen molar-refractivity contribution in [1.82, 2.24) is 25.3 Å². The van der Waals surface area contributed by atoms with Gasteiger partial charge in [0, 0.05) is 0 Å². The Morgan fingerprint density at radius 3 is 2.69 bits per heavy atom. The fraction of sp³-hybridized carbons (Fsp3) is 0.105. The highest BCUT2D eigenvalue weighted by atomic mass is 19.1. The van der Waals surface area contributed by atoms with Crippen molar-refractivity contribution in [2.45, 2.75) is 13.5 Å². The van der Waals surface area contributed by atoms with Gasteiger partial charge < -0.3 is 10.3 Å². The van der Waals surface area contributed by atoms with E-state index in [2.05, 4.69) is 30.5 Å². The molecule has 0 aliphatic rings. The predicted octanol–water partition coefficient (Wildman–Crippen LogP) is 2.35. The summed E-state index contributed by atoms with van der Waals surface area (Å²) in [6.45, 7) is 1.63. The number of hydrogen-bond acceptors (Lipinski definition) is 7. The van der Waals surface area contributed by atoms with Crippen molar-refractivity contribution >= 4 is 28.5 Å². The lowest BCUT2D eigenvalue weighted by molar-refractivity contribution is -0.121. The lowest BCUT2D eigenvalue weighted by Crippen LogP contribution is -2.24. The Balaban J connectivity index is 1.60. The van der Waals surface area contributed by atoms with Crippen LogP contribution in [0.5, 0.6) is 0 Å². The molecule has 0 radical (unpaired) electrons. The fourth-order valence-electron chi connectivity index (χ4n) is 2.85. The number of hydrazone groups is 1. The number of hydrogen-bond donors (Lipinski definition) is 2. The molecule has 9 nitrogen and oxygen atoms in total. The number of anilines is 1. The zero-order valence-electron chi connectivity index (χ0n) is 15.3. The first-order chi connectivity index (χ1) is 14.0. The molecule has 29 heavy (non-hydrogen) atoms. The van der Waals surface area contributed by atoms with Crippen molar-refractivity contribution in [3.63, 3.8) is 0 Å². The van der Waals surface area contributed by atoms with Crippen LogP contribution in [0.3, 0.4) is 0 Å². The number of rotatable bonds is 5. The number of benzene rings is 2. The summed E-state index contributed by atoms with van der Waals surface area (Å²) in [5.41, 5.74) is 11.2. The molecule has 0 saturated carbocycles. The molecule has 0 bridgehead atoms. The second kappa shape index (κ2) is 7.50. The first-order valence-corrected chi connectivity index (χ1v) is 8.65. The van der Waals surface area contributed by atoms with E-state index in [0.717, 1.165) is 5.52 Å². The number of para-hydroxylation sites is 2. The molecular formula is C19H16FN7O2. The summed E-state index contributed by atoms with van der Waals surface area (Å²) in [6, 6.07) is 13.1. The third-order valence-electron chi connectivity index (χ3n) is 4.29. The molecule has 1 amide bonds. The topological polar surface area (TPSA) is 124 Å². The number of nitrogen functional groups attached to an aromatic ring is 1. The van der Waals surface area contributed by atoms with Crippen molar-refractivity contribution in [3.05, 3.63) is 59.9 Å². The normalized spacial score (nSPS) is 11.7. The Morgan fingerprint density at radius 2 is 1.97 bits per heavy atom. The maximum atomic E-state index is 13.0. The molecule has 10 heteroatoms. The van der Waals surface area contributed by atoms with Crippen LogP contribution in [0.25, 0.3) is 22.6 Å². The summed E-state index contributed by atoms with van der Waals surface area (Å²) in [6.07, 6.45) is 0. The van der Waals surface area contributed by atoms with Gasteiger partial charge in [0.15, 0.2) is 17.3 Å². The van der Waals surface area contributed by atoms with E-state index in [1.165, 1.54) is 12.1 Å². The lowest BCUT2D eigenvalue weighted by atomic mass is 10.1. The van der Waals surface area contributed by atoms with Crippen LogP contribution in [0.15, 0.2) is 58.3 Å². The van der Waals surface area contributed by atoms with Gasteiger partial charge in [-0.05, 0) is 47.1 Å². The molecule has 4 rings (SSSR count). The van der Waals surface area contributed by atoms with E-state index in [-0.39, 0.29) is 29.8 Å². The van der Waals surface area contributed by atoms with Gasteiger partial charge in [0.05, 0.1) is 16.7 Å². The van der Waals surface area contributed by atoms with Crippen molar-refractivity contribution < 1.29 is 13.8 Å². The molecule has 0 spiro atoms. The quantitative estimate of drug-likeness (QED) is 0.396. The minimum absolute atomic E-state index is 0.0761. The zero-order valence-corrected chi connectivity index (χ0v) is 15.3. The van der Waals surface area contributed by atoms with Crippen LogP contribution in [-0.2, 0) is 11.3 Å². The van der Waals surface area contributed by atoms with E-state index < -0.39 is 0 Å². The summed E-state index contributed by atoms with van der Waals surface area (Å²) in [7, 11) is 0. The van der Waals surface area contributed by atoms with Gasteiger partial charge in [0.1, 0.15) is 12.4 Å². The molecule has 0 unspecified atom stereocenters. The average molecular weight is 393 g/mol. The van der Waals surface area contributed by atoms with E-state index in [4.69, 9.17) is 5.73 Å². The van der Waals surface area contributed by atoms with Crippen LogP contribution in [0.1, 0.15) is 12.5 Å². The summed E-state index contributed by atoms with van der Waals surface area (Å²) in [4.78, 5) is 17.0. The van der Waals surface area contributed by atoms with Gasteiger partial charge in [-0.1, -0.05) is 24.3 Å². The molecule has 4 aromatic rings. The number of carbonyl (C=O) groups excluding carboxylic acids is 1. The Kier molecular flexibility index (Phi) is 4.73. The number of fused-ring (bicyclic) bond motifs is 1. The summed E-state index contributed by atoms with van der Waals surface area (Å²) >= 11 is 0. The minimum atomic E-state index is -0.383. The summed E-state index contributed by atoms with van der Waals surface area (Å²) in [5, 5.41) is 11.4. The first-order valence-electron chi connectivity index (χ1n) is 8.65. The predicted molar refractivity (Wildman–Crippen MR) is 104 cm³/mol. The van der Waals surface area contributed by atoms with Crippen LogP contribution in [0, 0.1) is 5.82 Å². The average Bonchev–Trinajstić information content (AvgIpc) is 3.30. The zero-order chi connectivity index (χ0) is 20.4. The lowest BCUT2D eigenvalue weighted by Gasteiger charge is -2.07. The van der Waals surface area contributed by atoms with E-state index >= 15 is 0 Å². The molecule has 146 valence electrons. The van der Waals surface area contributed by atoms with Gasteiger partial charge in [0.2, 0.25) is 0 Å². The highest BCUT2D eigenvalue weighted by Crippen LogP contribution is 2.26. The third kappa shape index (κ3) is 3.68. The number of aromatic nitrogens is 4. The molecule has 0 fully saturated rings. The second-order valence-electron chi connectivity index (χ2n) is 6.25. The van der Waals surface area contributed by atoms with Gasteiger partial charge >= 0.3 is 0 Å². The molecule has 3 N–H and O–H groups in total. The standard InChI is InChI=1S/C19H16FN7O2/c1-11(12-6-8-13(20)9-7-12)23-24-16(28)10-27-15-5-3-2-4-14(15)22-19(27)17-18(21)26-29-25-17/h2-9H,10H2,1H3,(H2,21,26)(H,24,28)/b23-11+. The van der Waals surface area contributed by atoms with E-state index in [1.54, 1.807) is 23.6 Å². The monoisotopic (exact) mass is 393 g/mol. The van der Waals surface area contributed by atoms with Gasteiger partial charge in [-0.25, -0.2) is 19.4 Å². The first kappa shape index (κ1) is 18.3. The molecule has 2 aromatic heterocycles. The number of nitrogens with two attached hydrogens (primary N) is 1. The van der Waals surface area contributed by atoms with Crippen LogP contribution < -0.4 is 11.2 Å². The second-order valence-corrected chi connectivity index (χ2v) is 6.25. The molecule has 0 aliphatic heterocycles. The smallest absolute Gasteiger partial charge is 0.260 e. The minimum Gasteiger partial charge on any atom is -0.379 e. The van der Waals surface area contributed by atoms with E-state index in [1.807, 2.05) is 24.3 Å². The number of imidazole rings is 1. The van der Waals surface area contributed by atoms with Crippen molar-refractivity contribution in [3.8, 4) is 11.5 Å². The summed E-state index contributed by atoms with van der Waals surface area (Å²) in [5.74, 6) is -0.288. The highest BCUT2D eigenvalue weighted by Gasteiger charge is 2.20. The largest absolute Gasteiger partial charge is 0.379 e. The Morgan fingerprint density at radius 1 is 1.21 bits per heavy atom. The highest BCUT2D eigenvalue weighted by molar-refractivity contribution is 5.99.